The van der Waals surface area contributed by atoms with Crippen LogP contribution in [-0.4, -0.2) is 23.3 Å². The predicted molar refractivity (Wildman–Crippen MR) is 112 cm³/mol. The Bertz CT molecular complexity index is 1030. The summed E-state index contributed by atoms with van der Waals surface area (Å²) in [5, 5.41) is 0.887. The van der Waals surface area contributed by atoms with Crippen molar-refractivity contribution in [1.29, 1.82) is 0 Å². The molecule has 1 N–H and O–H groups in total. The van der Waals surface area contributed by atoms with Crippen LogP contribution in [0.2, 0.25) is 0 Å². The molecular formula is C23H25NO3S. The lowest BCUT2D eigenvalue weighted by molar-refractivity contribution is 0.0480. The number of ketones is 1. The Morgan fingerprint density at radius 3 is 2.93 bits per heavy atom. The number of ether oxygens (including phenoxy) is 1. The molecule has 0 saturated heterocycles. The molecule has 146 valence electrons. The monoisotopic (exact) mass is 395 g/mol. The molecule has 2 aromatic heterocycles. The van der Waals surface area contributed by atoms with Gasteiger partial charge in [-0.1, -0.05) is 38.5 Å². The molecule has 4 nitrogen and oxygen atoms in total. The maximum Gasteiger partial charge on any atom is 0.348 e. The van der Waals surface area contributed by atoms with Gasteiger partial charge < -0.3 is 9.72 Å². The molecule has 28 heavy (non-hydrogen) atoms. The van der Waals surface area contributed by atoms with Crippen molar-refractivity contribution in [3.63, 3.8) is 0 Å². The number of benzene rings is 1. The zero-order chi connectivity index (χ0) is 19.7. The fourth-order valence-corrected chi connectivity index (χ4v) is 5.17. The molecule has 0 unspecified atom stereocenters. The summed E-state index contributed by atoms with van der Waals surface area (Å²) in [6.45, 7) is 4.07. The molecule has 0 aliphatic heterocycles. The van der Waals surface area contributed by atoms with Gasteiger partial charge in [-0.05, 0) is 48.8 Å². The number of aromatic amines is 1. The SMILES string of the molecule is CCc1cccc2c(C(=O)COC(=O)c3cc4c(s3)CC[C@@H](CC)C4)c[nH]c12. The normalized spacial score (nSPS) is 16.1. The van der Waals surface area contributed by atoms with Crippen LogP contribution in [0.1, 0.15) is 62.7 Å². The average molecular weight is 396 g/mol. The topological polar surface area (TPSA) is 59.2 Å². The highest BCUT2D eigenvalue weighted by molar-refractivity contribution is 7.14. The van der Waals surface area contributed by atoms with Crippen molar-refractivity contribution in [3.05, 3.63) is 56.9 Å². The molecule has 1 aliphatic carbocycles. The van der Waals surface area contributed by atoms with E-state index in [1.807, 2.05) is 18.2 Å². The Balaban J connectivity index is 1.44. The van der Waals surface area contributed by atoms with Crippen LogP contribution in [0.3, 0.4) is 0 Å². The van der Waals surface area contributed by atoms with E-state index in [-0.39, 0.29) is 12.4 Å². The van der Waals surface area contributed by atoms with E-state index >= 15 is 0 Å². The lowest BCUT2D eigenvalue weighted by atomic mass is 9.87. The first-order valence-corrected chi connectivity index (χ1v) is 10.8. The first-order valence-electron chi connectivity index (χ1n) is 10.0. The van der Waals surface area contributed by atoms with Gasteiger partial charge in [0, 0.05) is 27.5 Å². The van der Waals surface area contributed by atoms with Crippen LogP contribution in [0.15, 0.2) is 30.5 Å². The first-order chi connectivity index (χ1) is 13.6. The van der Waals surface area contributed by atoms with Gasteiger partial charge >= 0.3 is 5.97 Å². The van der Waals surface area contributed by atoms with Crippen LogP contribution in [0.5, 0.6) is 0 Å². The molecular weight excluding hydrogens is 370 g/mol. The van der Waals surface area contributed by atoms with Crippen molar-refractivity contribution in [2.75, 3.05) is 6.61 Å². The fourth-order valence-electron chi connectivity index (χ4n) is 4.07. The maximum absolute atomic E-state index is 12.6. The van der Waals surface area contributed by atoms with E-state index < -0.39 is 5.97 Å². The van der Waals surface area contributed by atoms with E-state index in [1.54, 1.807) is 6.20 Å². The van der Waals surface area contributed by atoms with Crippen LogP contribution in [0, 0.1) is 5.92 Å². The largest absolute Gasteiger partial charge is 0.453 e. The maximum atomic E-state index is 12.6. The van der Waals surface area contributed by atoms with Crippen molar-refractivity contribution in [2.24, 2.45) is 5.92 Å². The van der Waals surface area contributed by atoms with Gasteiger partial charge in [0.1, 0.15) is 4.88 Å². The van der Waals surface area contributed by atoms with Crippen LogP contribution in [-0.2, 0) is 24.0 Å². The van der Waals surface area contributed by atoms with Gasteiger partial charge in [0.2, 0.25) is 5.78 Å². The quantitative estimate of drug-likeness (QED) is 0.452. The second-order valence-electron chi connectivity index (χ2n) is 7.47. The number of nitrogens with one attached hydrogen (secondary N) is 1. The third kappa shape index (κ3) is 3.51. The van der Waals surface area contributed by atoms with E-state index in [4.69, 9.17) is 4.74 Å². The molecule has 0 amide bonds. The summed E-state index contributed by atoms with van der Waals surface area (Å²) >= 11 is 1.52. The minimum atomic E-state index is -0.394. The number of rotatable bonds is 6. The number of thiophene rings is 1. The lowest BCUT2D eigenvalue weighted by Gasteiger charge is -2.19. The van der Waals surface area contributed by atoms with Crippen molar-refractivity contribution in [1.82, 2.24) is 4.98 Å². The number of fused-ring (bicyclic) bond motifs is 2. The van der Waals surface area contributed by atoms with E-state index in [1.165, 1.54) is 40.2 Å². The highest BCUT2D eigenvalue weighted by atomic mass is 32.1. The second-order valence-corrected chi connectivity index (χ2v) is 8.61. The summed E-state index contributed by atoms with van der Waals surface area (Å²) in [5.74, 6) is 0.137. The number of hydrogen-bond donors (Lipinski definition) is 1. The van der Waals surface area contributed by atoms with E-state index in [9.17, 15) is 9.59 Å². The van der Waals surface area contributed by atoms with Crippen LogP contribution in [0.25, 0.3) is 10.9 Å². The van der Waals surface area contributed by atoms with Gasteiger partial charge in [-0.3, -0.25) is 4.79 Å². The third-order valence-electron chi connectivity index (χ3n) is 5.78. The highest BCUT2D eigenvalue weighted by Crippen LogP contribution is 2.34. The number of hydrogen-bond acceptors (Lipinski definition) is 4. The molecule has 1 aliphatic rings. The Kier molecular flexibility index (Phi) is 5.36. The average Bonchev–Trinajstić information content (AvgIpc) is 3.35. The van der Waals surface area contributed by atoms with Crippen LogP contribution >= 0.6 is 11.3 Å². The second kappa shape index (κ2) is 7.92. The molecule has 5 heteroatoms. The van der Waals surface area contributed by atoms with Crippen LogP contribution in [0.4, 0.5) is 0 Å². The highest BCUT2D eigenvalue weighted by Gasteiger charge is 2.23. The van der Waals surface area contributed by atoms with Crippen LogP contribution < -0.4 is 0 Å². The van der Waals surface area contributed by atoms with Gasteiger partial charge in [0.15, 0.2) is 6.61 Å². The zero-order valence-corrected chi connectivity index (χ0v) is 17.2. The molecule has 0 bridgehead atoms. The molecule has 0 spiro atoms. The van der Waals surface area contributed by atoms with Gasteiger partial charge in [-0.15, -0.1) is 11.3 Å². The molecule has 1 aromatic carbocycles. The number of carbonyl (C=O) groups excluding carboxylic acids is 2. The van der Waals surface area contributed by atoms with Crippen molar-refractivity contribution < 1.29 is 14.3 Å². The number of Topliss-reactive ketones (excluding diaryl/α,β-unsaturated/α-hetero) is 1. The molecule has 1 atom stereocenters. The van der Waals surface area contributed by atoms with Crippen molar-refractivity contribution in [2.45, 2.75) is 46.0 Å². The Morgan fingerprint density at radius 2 is 2.14 bits per heavy atom. The van der Waals surface area contributed by atoms with Gasteiger partial charge in [0.05, 0.1) is 0 Å². The number of aromatic nitrogens is 1. The van der Waals surface area contributed by atoms with Crippen molar-refractivity contribution in [3.8, 4) is 0 Å². The minimum absolute atomic E-state index is 0.180. The summed E-state index contributed by atoms with van der Waals surface area (Å²) in [6, 6.07) is 7.90. The standard InChI is InChI=1S/C23H25NO3S/c1-3-14-8-9-20-16(10-14)11-21(28-20)23(26)27-13-19(25)18-12-24-22-15(4-2)6-5-7-17(18)22/h5-7,11-12,14,24H,3-4,8-10,13H2,1-2H3/t14-/m1/s1. The summed E-state index contributed by atoms with van der Waals surface area (Å²) < 4.78 is 5.36. The minimum Gasteiger partial charge on any atom is -0.453 e. The first kappa shape index (κ1) is 18.9. The van der Waals surface area contributed by atoms with Gasteiger partial charge in [0.25, 0.3) is 0 Å². The van der Waals surface area contributed by atoms with E-state index in [2.05, 4.69) is 24.9 Å². The van der Waals surface area contributed by atoms with Gasteiger partial charge in [-0.25, -0.2) is 4.79 Å². The Hall–Kier alpha value is -2.40. The van der Waals surface area contributed by atoms with E-state index in [0.29, 0.717) is 16.4 Å². The van der Waals surface area contributed by atoms with E-state index in [0.717, 1.165) is 30.2 Å². The molecule has 0 fully saturated rings. The lowest BCUT2D eigenvalue weighted by Crippen LogP contribution is -2.13. The third-order valence-corrected chi connectivity index (χ3v) is 7.00. The molecule has 0 radical (unpaired) electrons. The summed E-state index contributed by atoms with van der Waals surface area (Å²) in [5.41, 5.74) is 4.01. The molecule has 3 aromatic rings. The zero-order valence-electron chi connectivity index (χ0n) is 16.3. The Morgan fingerprint density at radius 1 is 1.29 bits per heavy atom. The van der Waals surface area contributed by atoms with Crippen molar-refractivity contribution >= 4 is 34.0 Å². The number of carbonyl (C=O) groups is 2. The van der Waals surface area contributed by atoms with Gasteiger partial charge in [-0.2, -0.15) is 0 Å². The predicted octanol–water partition coefficient (Wildman–Crippen LogP) is 5.35. The molecule has 2 heterocycles. The summed E-state index contributed by atoms with van der Waals surface area (Å²) in [7, 11) is 0. The summed E-state index contributed by atoms with van der Waals surface area (Å²) in [6.07, 6.45) is 7.06. The number of H-pyrrole nitrogens is 1. The number of esters is 1. The molecule has 0 saturated carbocycles. The number of aryl methyl sites for hydroxylation is 2. The fraction of sp³-hybridized carbons (Fsp3) is 0.391. The summed E-state index contributed by atoms with van der Waals surface area (Å²) in [4.78, 5) is 30.2. The Labute approximate surface area is 168 Å². The number of para-hydroxylation sites is 1. The molecule has 4 rings (SSSR count). The smallest absolute Gasteiger partial charge is 0.348 e.